The number of thiazole rings is 1. The highest BCUT2D eigenvalue weighted by Crippen LogP contribution is 2.30. The van der Waals surface area contributed by atoms with E-state index in [0.717, 1.165) is 30.5 Å². The van der Waals surface area contributed by atoms with Gasteiger partial charge in [0.15, 0.2) is 5.13 Å². The number of anilines is 3. The zero-order valence-electron chi connectivity index (χ0n) is 19.8. The highest BCUT2D eigenvalue weighted by molar-refractivity contribution is 7.91. The number of carbonyl (C=O) groups is 2. The van der Waals surface area contributed by atoms with E-state index in [4.69, 9.17) is 5.73 Å². The zero-order valence-corrected chi connectivity index (χ0v) is 21.4. The normalized spacial score (nSPS) is 16.9. The van der Waals surface area contributed by atoms with Crippen molar-refractivity contribution < 1.29 is 18.0 Å². The minimum atomic E-state index is -3.09. The maximum Gasteiger partial charge on any atom is 0.244 e. The molecule has 5 rings (SSSR count). The van der Waals surface area contributed by atoms with Crippen LogP contribution in [0.25, 0.3) is 11.3 Å². The van der Waals surface area contributed by atoms with E-state index in [1.807, 2.05) is 35.7 Å². The summed E-state index contributed by atoms with van der Waals surface area (Å²) in [7, 11) is -3.09. The van der Waals surface area contributed by atoms with E-state index in [1.54, 1.807) is 12.1 Å². The molecule has 1 aromatic heterocycles. The second-order valence-electron chi connectivity index (χ2n) is 9.35. The molecule has 2 aliphatic rings. The lowest BCUT2D eigenvalue weighted by Crippen LogP contribution is -2.43. The van der Waals surface area contributed by atoms with E-state index in [-0.39, 0.29) is 42.7 Å². The first-order valence-corrected chi connectivity index (χ1v) is 14.7. The molecule has 3 N–H and O–H groups in total. The molecule has 0 radical (unpaired) electrons. The quantitative estimate of drug-likeness (QED) is 0.507. The number of hydrogen-bond donors (Lipinski definition) is 2. The van der Waals surface area contributed by atoms with Gasteiger partial charge in [-0.1, -0.05) is 18.2 Å². The summed E-state index contributed by atoms with van der Waals surface area (Å²) >= 11 is 1.37. The predicted molar refractivity (Wildman–Crippen MR) is 143 cm³/mol. The number of aryl methyl sites for hydroxylation is 2. The minimum Gasteiger partial charge on any atom is -0.375 e. The Balaban J connectivity index is 1.33. The maximum atomic E-state index is 13.5. The lowest BCUT2D eigenvalue weighted by molar-refractivity contribution is -0.124. The molecular formula is C26H28N4O4S2. The molecule has 8 nitrogen and oxygen atoms in total. The summed E-state index contributed by atoms with van der Waals surface area (Å²) in [5, 5.41) is 5.25. The van der Waals surface area contributed by atoms with Crippen LogP contribution in [0.3, 0.4) is 0 Å². The summed E-state index contributed by atoms with van der Waals surface area (Å²) in [6.07, 6.45) is 3.63. The van der Waals surface area contributed by atoms with Crippen LogP contribution in [0.15, 0.2) is 47.8 Å². The number of hydrogen-bond acceptors (Lipinski definition) is 7. The molecule has 10 heteroatoms. The molecule has 1 fully saturated rings. The Hall–Kier alpha value is -3.24. The van der Waals surface area contributed by atoms with Crippen molar-refractivity contribution in [1.29, 1.82) is 0 Å². The molecule has 1 aliphatic carbocycles. The SMILES string of the molecule is Nc1nc(-c2ccc(NC(=O)CN(C(=O)C3CCS(=O)(=O)CC3)c3ccc4c(c3)CCC4)cc2)cs1. The number of fused-ring (bicyclic) bond motifs is 1. The van der Waals surface area contributed by atoms with Gasteiger partial charge in [0.2, 0.25) is 11.8 Å². The summed E-state index contributed by atoms with van der Waals surface area (Å²) in [6, 6.07) is 13.2. The van der Waals surface area contributed by atoms with E-state index in [0.29, 0.717) is 16.5 Å². The Bertz CT molecular complexity index is 1390. The number of nitrogens with two attached hydrogens (primary N) is 1. The number of nitrogens with zero attached hydrogens (tertiary/aromatic N) is 2. The summed E-state index contributed by atoms with van der Waals surface area (Å²) in [5.41, 5.74) is 11.2. The zero-order chi connectivity index (χ0) is 25.3. The summed E-state index contributed by atoms with van der Waals surface area (Å²) in [6.45, 7) is -0.148. The van der Waals surface area contributed by atoms with Crippen LogP contribution in [-0.2, 0) is 32.3 Å². The van der Waals surface area contributed by atoms with Gasteiger partial charge >= 0.3 is 0 Å². The number of amides is 2. The van der Waals surface area contributed by atoms with Gasteiger partial charge in [-0.2, -0.15) is 0 Å². The van der Waals surface area contributed by atoms with Crippen molar-refractivity contribution >= 4 is 49.5 Å². The molecule has 3 aromatic rings. The minimum absolute atomic E-state index is 0.00458. The summed E-state index contributed by atoms with van der Waals surface area (Å²) in [5.74, 6) is -0.929. The van der Waals surface area contributed by atoms with Gasteiger partial charge in [0.1, 0.15) is 16.4 Å². The van der Waals surface area contributed by atoms with Crippen LogP contribution in [0.1, 0.15) is 30.4 Å². The van der Waals surface area contributed by atoms with Crippen molar-refractivity contribution in [1.82, 2.24) is 4.98 Å². The van der Waals surface area contributed by atoms with Crippen LogP contribution in [0.4, 0.5) is 16.5 Å². The number of aromatic nitrogens is 1. The van der Waals surface area contributed by atoms with Gasteiger partial charge in [-0.15, -0.1) is 11.3 Å². The molecule has 1 aliphatic heterocycles. The Morgan fingerprint density at radius 1 is 1.06 bits per heavy atom. The second kappa shape index (κ2) is 10.0. The third kappa shape index (κ3) is 5.44. The molecule has 36 heavy (non-hydrogen) atoms. The van der Waals surface area contributed by atoms with Crippen molar-refractivity contribution in [2.75, 3.05) is 34.0 Å². The number of sulfone groups is 1. The van der Waals surface area contributed by atoms with Crippen molar-refractivity contribution in [2.45, 2.75) is 32.1 Å². The largest absolute Gasteiger partial charge is 0.375 e. The average Bonchev–Trinajstić information content (AvgIpc) is 3.51. The van der Waals surface area contributed by atoms with E-state index in [1.165, 1.54) is 27.4 Å². The number of nitrogens with one attached hydrogen (secondary N) is 1. The maximum absolute atomic E-state index is 13.5. The van der Waals surface area contributed by atoms with Crippen molar-refractivity contribution in [3.63, 3.8) is 0 Å². The first-order valence-electron chi connectivity index (χ1n) is 12.0. The molecule has 188 valence electrons. The molecule has 2 aromatic carbocycles. The van der Waals surface area contributed by atoms with E-state index < -0.39 is 15.8 Å². The topological polar surface area (TPSA) is 122 Å². The highest BCUT2D eigenvalue weighted by Gasteiger charge is 2.33. The van der Waals surface area contributed by atoms with Gasteiger partial charge in [-0.05, 0) is 67.5 Å². The lowest BCUT2D eigenvalue weighted by atomic mass is 10.00. The molecule has 0 atom stereocenters. The van der Waals surface area contributed by atoms with Gasteiger partial charge < -0.3 is 16.0 Å². The monoisotopic (exact) mass is 524 g/mol. The fraction of sp³-hybridized carbons (Fsp3) is 0.346. The van der Waals surface area contributed by atoms with Crippen LogP contribution in [0.2, 0.25) is 0 Å². The molecule has 1 saturated heterocycles. The van der Waals surface area contributed by atoms with Gasteiger partial charge in [0, 0.05) is 28.2 Å². The van der Waals surface area contributed by atoms with Crippen molar-refractivity contribution in [2.24, 2.45) is 5.92 Å². The third-order valence-electron chi connectivity index (χ3n) is 6.85. The van der Waals surface area contributed by atoms with Crippen molar-refractivity contribution in [3.05, 3.63) is 59.0 Å². The molecule has 0 spiro atoms. The number of benzene rings is 2. The third-order valence-corrected chi connectivity index (χ3v) is 9.24. The molecule has 0 unspecified atom stereocenters. The lowest BCUT2D eigenvalue weighted by Gasteiger charge is -2.29. The van der Waals surface area contributed by atoms with Crippen LogP contribution >= 0.6 is 11.3 Å². The Kier molecular flexibility index (Phi) is 6.81. The Labute approximate surface area is 214 Å². The Morgan fingerprint density at radius 3 is 2.47 bits per heavy atom. The van der Waals surface area contributed by atoms with E-state index in [9.17, 15) is 18.0 Å². The van der Waals surface area contributed by atoms with Gasteiger partial charge in [-0.3, -0.25) is 9.59 Å². The van der Waals surface area contributed by atoms with E-state index in [2.05, 4.69) is 10.3 Å². The molecular weight excluding hydrogens is 496 g/mol. The smallest absolute Gasteiger partial charge is 0.244 e. The molecule has 0 saturated carbocycles. The molecule has 2 amide bonds. The fourth-order valence-corrected chi connectivity index (χ4v) is 6.93. The highest BCUT2D eigenvalue weighted by atomic mass is 32.2. The first-order chi connectivity index (χ1) is 17.3. The van der Waals surface area contributed by atoms with Crippen LogP contribution in [-0.4, -0.2) is 43.3 Å². The number of carbonyl (C=O) groups excluding carboxylic acids is 2. The molecule has 0 bridgehead atoms. The van der Waals surface area contributed by atoms with Gasteiger partial charge in [-0.25, -0.2) is 13.4 Å². The summed E-state index contributed by atoms with van der Waals surface area (Å²) < 4.78 is 23.8. The van der Waals surface area contributed by atoms with Crippen LogP contribution in [0.5, 0.6) is 0 Å². The molecule has 2 heterocycles. The summed E-state index contributed by atoms with van der Waals surface area (Å²) in [4.78, 5) is 32.4. The number of nitrogen functional groups attached to an aromatic ring is 1. The van der Waals surface area contributed by atoms with Gasteiger partial charge in [0.05, 0.1) is 17.2 Å². The fourth-order valence-electron chi connectivity index (χ4n) is 4.87. The van der Waals surface area contributed by atoms with Gasteiger partial charge in [0.25, 0.3) is 0 Å². The predicted octanol–water partition coefficient (Wildman–Crippen LogP) is 3.68. The second-order valence-corrected chi connectivity index (χ2v) is 12.5. The number of rotatable bonds is 6. The standard InChI is InChI=1S/C26H28N4O4S2/c27-26-29-23(16-35-26)18-4-7-21(8-5-18)28-24(31)15-30(22-9-6-17-2-1-3-20(17)14-22)25(32)19-10-12-36(33,34)13-11-19/h4-9,14,16,19H,1-3,10-13,15H2,(H2,27,29)(H,28,31). The van der Waals surface area contributed by atoms with Crippen LogP contribution < -0.4 is 16.0 Å². The van der Waals surface area contributed by atoms with Crippen LogP contribution in [0, 0.1) is 5.92 Å². The Morgan fingerprint density at radius 2 is 1.78 bits per heavy atom. The average molecular weight is 525 g/mol. The first kappa shape index (κ1) is 24.5. The van der Waals surface area contributed by atoms with E-state index >= 15 is 0 Å². The van der Waals surface area contributed by atoms with Crippen molar-refractivity contribution in [3.8, 4) is 11.3 Å².